The third-order valence-corrected chi connectivity index (χ3v) is 6.22. The maximum atomic E-state index is 13.2. The van der Waals surface area contributed by atoms with Gasteiger partial charge >= 0.3 is 0 Å². The van der Waals surface area contributed by atoms with Gasteiger partial charge in [0.15, 0.2) is 5.82 Å². The minimum absolute atomic E-state index is 0.0859. The van der Waals surface area contributed by atoms with Crippen LogP contribution < -0.4 is 10.1 Å². The molecule has 0 saturated carbocycles. The highest BCUT2D eigenvalue weighted by atomic mass is 16.5. The highest BCUT2D eigenvalue weighted by Gasteiger charge is 2.24. The molecule has 2 aromatic carbocycles. The molecule has 0 radical (unpaired) electrons. The lowest BCUT2D eigenvalue weighted by molar-refractivity contribution is 0.0932. The minimum atomic E-state index is -0.344. The SMILES string of the molecule is CCN(CCNC(=O)c1nnc(-c2cc(C(C)C)c(C)cc2O)n1-c1ccc(OC)cc1)CCOC. The molecule has 1 amide bonds. The highest BCUT2D eigenvalue weighted by Crippen LogP contribution is 2.35. The van der Waals surface area contributed by atoms with Crippen molar-refractivity contribution in [3.8, 4) is 28.6 Å². The van der Waals surface area contributed by atoms with Crippen molar-refractivity contribution in [2.75, 3.05) is 47.0 Å². The van der Waals surface area contributed by atoms with Crippen LogP contribution >= 0.6 is 0 Å². The third-order valence-electron chi connectivity index (χ3n) is 6.22. The maximum Gasteiger partial charge on any atom is 0.289 e. The molecule has 194 valence electrons. The predicted octanol–water partition coefficient (Wildman–Crippen LogP) is 3.78. The number of methoxy groups -OCH3 is 2. The van der Waals surface area contributed by atoms with Gasteiger partial charge in [0.05, 0.1) is 19.3 Å². The van der Waals surface area contributed by atoms with Gasteiger partial charge in [0.25, 0.3) is 5.91 Å². The summed E-state index contributed by atoms with van der Waals surface area (Å²) in [6.07, 6.45) is 0. The number of hydrogen-bond acceptors (Lipinski definition) is 7. The zero-order chi connectivity index (χ0) is 26.2. The summed E-state index contributed by atoms with van der Waals surface area (Å²) in [6.45, 7) is 11.7. The van der Waals surface area contributed by atoms with Gasteiger partial charge in [-0.25, -0.2) is 0 Å². The number of aromatic nitrogens is 3. The van der Waals surface area contributed by atoms with Crippen molar-refractivity contribution in [2.45, 2.75) is 33.6 Å². The fraction of sp³-hybridized carbons (Fsp3) is 0.444. The Bertz CT molecular complexity index is 1160. The van der Waals surface area contributed by atoms with E-state index in [9.17, 15) is 9.90 Å². The van der Waals surface area contributed by atoms with E-state index in [0.29, 0.717) is 42.5 Å². The zero-order valence-electron chi connectivity index (χ0n) is 22.0. The number of aromatic hydroxyl groups is 1. The second-order valence-electron chi connectivity index (χ2n) is 8.94. The summed E-state index contributed by atoms with van der Waals surface area (Å²) in [7, 11) is 3.28. The molecule has 0 aliphatic carbocycles. The van der Waals surface area contributed by atoms with Crippen molar-refractivity contribution in [2.24, 2.45) is 0 Å². The predicted molar refractivity (Wildman–Crippen MR) is 140 cm³/mol. The molecule has 9 heteroatoms. The molecule has 3 rings (SSSR count). The lowest BCUT2D eigenvalue weighted by Gasteiger charge is -2.20. The number of nitrogens with zero attached hydrogens (tertiary/aromatic N) is 4. The van der Waals surface area contributed by atoms with Gasteiger partial charge < -0.3 is 19.9 Å². The molecule has 2 N–H and O–H groups in total. The van der Waals surface area contributed by atoms with Gasteiger partial charge in [-0.3, -0.25) is 14.3 Å². The van der Waals surface area contributed by atoms with Crippen molar-refractivity contribution >= 4 is 5.91 Å². The van der Waals surface area contributed by atoms with E-state index in [4.69, 9.17) is 9.47 Å². The number of phenols is 1. The molecule has 0 aliphatic heterocycles. The monoisotopic (exact) mass is 495 g/mol. The number of benzene rings is 2. The first kappa shape index (κ1) is 27.2. The van der Waals surface area contributed by atoms with Crippen molar-refractivity contribution in [1.29, 1.82) is 0 Å². The molecular formula is C27H37N5O4. The molecule has 1 heterocycles. The van der Waals surface area contributed by atoms with Gasteiger partial charge in [0.2, 0.25) is 5.82 Å². The van der Waals surface area contributed by atoms with Crippen LogP contribution in [-0.2, 0) is 4.74 Å². The van der Waals surface area contributed by atoms with Gasteiger partial charge in [0, 0.05) is 32.4 Å². The molecule has 0 fully saturated rings. The molecule has 0 unspecified atom stereocenters. The zero-order valence-corrected chi connectivity index (χ0v) is 22.0. The summed E-state index contributed by atoms with van der Waals surface area (Å²) in [5, 5.41) is 22.4. The molecule has 3 aromatic rings. The van der Waals surface area contributed by atoms with E-state index in [1.807, 2.05) is 37.3 Å². The molecular weight excluding hydrogens is 458 g/mol. The molecule has 0 spiro atoms. The average Bonchev–Trinajstić information content (AvgIpc) is 3.30. The second kappa shape index (κ2) is 12.5. The van der Waals surface area contributed by atoms with Crippen LogP contribution in [0.25, 0.3) is 17.1 Å². The minimum Gasteiger partial charge on any atom is -0.507 e. The van der Waals surface area contributed by atoms with Crippen molar-refractivity contribution < 1.29 is 19.4 Å². The first-order chi connectivity index (χ1) is 17.3. The van der Waals surface area contributed by atoms with Gasteiger partial charge in [-0.05, 0) is 66.9 Å². The lowest BCUT2D eigenvalue weighted by Crippen LogP contribution is -2.37. The number of aryl methyl sites for hydroxylation is 1. The first-order valence-corrected chi connectivity index (χ1v) is 12.2. The molecule has 0 bridgehead atoms. The molecule has 0 atom stereocenters. The van der Waals surface area contributed by atoms with Crippen LogP contribution in [0.5, 0.6) is 11.5 Å². The quantitative estimate of drug-likeness (QED) is 0.394. The fourth-order valence-electron chi connectivity index (χ4n) is 4.15. The number of phenolic OH excluding ortho intramolecular Hbond substituents is 1. The fourth-order valence-corrected chi connectivity index (χ4v) is 4.15. The number of hydrogen-bond donors (Lipinski definition) is 2. The van der Waals surface area contributed by atoms with Crippen LogP contribution in [0.4, 0.5) is 0 Å². The number of carbonyl (C=O) groups excluding carboxylic acids is 1. The van der Waals surface area contributed by atoms with Crippen molar-refractivity contribution in [3.05, 3.63) is 53.3 Å². The number of carbonyl (C=O) groups is 1. The number of ether oxygens (including phenoxy) is 2. The van der Waals surface area contributed by atoms with E-state index in [0.717, 1.165) is 24.2 Å². The van der Waals surface area contributed by atoms with Crippen LogP contribution in [0.3, 0.4) is 0 Å². The van der Waals surface area contributed by atoms with E-state index >= 15 is 0 Å². The van der Waals surface area contributed by atoms with Crippen LogP contribution in [0.15, 0.2) is 36.4 Å². The summed E-state index contributed by atoms with van der Waals surface area (Å²) in [5.74, 6) is 1.21. The molecule has 0 aliphatic rings. The van der Waals surface area contributed by atoms with Crippen LogP contribution in [0.2, 0.25) is 0 Å². The number of likely N-dealkylation sites (N-methyl/N-ethyl adjacent to an activating group) is 1. The Balaban J connectivity index is 1.99. The van der Waals surface area contributed by atoms with Gasteiger partial charge in [-0.15, -0.1) is 10.2 Å². The molecule has 1 aromatic heterocycles. The lowest BCUT2D eigenvalue weighted by atomic mass is 9.95. The first-order valence-electron chi connectivity index (χ1n) is 12.2. The summed E-state index contributed by atoms with van der Waals surface area (Å²) in [4.78, 5) is 15.4. The summed E-state index contributed by atoms with van der Waals surface area (Å²) in [5.41, 5.74) is 3.29. The van der Waals surface area contributed by atoms with E-state index in [2.05, 4.69) is 41.2 Å². The molecule has 0 saturated heterocycles. The Morgan fingerprint density at radius 3 is 2.47 bits per heavy atom. The smallest absolute Gasteiger partial charge is 0.289 e. The topological polar surface area (TPSA) is 102 Å². The standard InChI is InChI=1S/C27H37N5O4/c1-7-31(14-15-35-5)13-12-28-27(34)26-30-29-25(32(26)20-8-10-21(36-6)11-9-20)23-17-22(18(2)3)19(4)16-24(23)33/h8-11,16-18,33H,7,12-15H2,1-6H3,(H,28,34). The van der Waals surface area contributed by atoms with E-state index < -0.39 is 0 Å². The van der Waals surface area contributed by atoms with Gasteiger partial charge in [-0.2, -0.15) is 0 Å². The van der Waals surface area contributed by atoms with E-state index in [1.54, 1.807) is 24.9 Å². The molecule has 36 heavy (non-hydrogen) atoms. The number of nitrogens with one attached hydrogen (secondary N) is 1. The Labute approximate surface area is 213 Å². The van der Waals surface area contributed by atoms with Crippen LogP contribution in [0, 0.1) is 6.92 Å². The Morgan fingerprint density at radius 2 is 1.86 bits per heavy atom. The van der Waals surface area contributed by atoms with Crippen LogP contribution in [0.1, 0.15) is 48.4 Å². The van der Waals surface area contributed by atoms with E-state index in [-0.39, 0.29) is 23.4 Å². The Kier molecular flexibility index (Phi) is 9.44. The van der Waals surface area contributed by atoms with E-state index in [1.165, 1.54) is 0 Å². The summed E-state index contributed by atoms with van der Waals surface area (Å²) >= 11 is 0. The largest absolute Gasteiger partial charge is 0.507 e. The maximum absolute atomic E-state index is 13.2. The Hall–Kier alpha value is -3.43. The highest BCUT2D eigenvalue weighted by molar-refractivity contribution is 5.92. The normalized spacial score (nSPS) is 11.3. The second-order valence-corrected chi connectivity index (χ2v) is 8.94. The van der Waals surface area contributed by atoms with Crippen LogP contribution in [-0.4, -0.2) is 77.7 Å². The Morgan fingerprint density at radius 1 is 1.14 bits per heavy atom. The third kappa shape index (κ3) is 6.22. The number of amides is 1. The summed E-state index contributed by atoms with van der Waals surface area (Å²) < 4.78 is 12.1. The summed E-state index contributed by atoms with van der Waals surface area (Å²) in [6, 6.07) is 10.9. The average molecular weight is 496 g/mol. The van der Waals surface area contributed by atoms with Crippen molar-refractivity contribution in [3.63, 3.8) is 0 Å². The van der Waals surface area contributed by atoms with Crippen molar-refractivity contribution in [1.82, 2.24) is 25.0 Å². The number of rotatable bonds is 12. The van der Waals surface area contributed by atoms with Gasteiger partial charge in [0.1, 0.15) is 11.5 Å². The van der Waals surface area contributed by atoms with Gasteiger partial charge in [-0.1, -0.05) is 20.8 Å². The molecule has 9 nitrogen and oxygen atoms in total.